The zero-order valence-corrected chi connectivity index (χ0v) is 9.74. The summed E-state index contributed by atoms with van der Waals surface area (Å²) in [4.78, 5) is 34.9. The van der Waals surface area contributed by atoms with Crippen LogP contribution >= 0.6 is 0 Å². The molecule has 18 heavy (non-hydrogen) atoms. The number of nitrogens with zero attached hydrogens (tertiary/aromatic N) is 4. The van der Waals surface area contributed by atoms with Gasteiger partial charge in [-0.1, -0.05) is 12.1 Å². The molecule has 2 amide bonds. The first-order valence-electron chi connectivity index (χ1n) is 5.46. The standard InChI is InChI=1S/C10H12N4O4/c1-6-4-8(15)14(9(6)16)3-2-13-5-7(10(17)18)11-12-13/h5-6H,2-4H2,1H3,(H,17,18). The summed E-state index contributed by atoms with van der Waals surface area (Å²) >= 11 is 0. The normalized spacial score (nSPS) is 19.6. The van der Waals surface area contributed by atoms with E-state index in [9.17, 15) is 14.4 Å². The minimum absolute atomic E-state index is 0.164. The first kappa shape index (κ1) is 12.2. The van der Waals surface area contributed by atoms with Crippen LogP contribution in [-0.2, 0) is 16.1 Å². The van der Waals surface area contributed by atoms with Crippen LogP contribution in [0.15, 0.2) is 6.20 Å². The molecule has 2 heterocycles. The predicted octanol–water partition coefficient (Wildman–Crippen LogP) is -0.629. The van der Waals surface area contributed by atoms with Crippen molar-refractivity contribution < 1.29 is 19.5 Å². The predicted molar refractivity (Wildman–Crippen MR) is 57.5 cm³/mol. The molecule has 0 spiro atoms. The number of carboxylic acids is 1. The third-order valence-corrected chi connectivity index (χ3v) is 2.78. The Morgan fingerprint density at radius 1 is 1.50 bits per heavy atom. The lowest BCUT2D eigenvalue weighted by Gasteiger charge is -2.13. The summed E-state index contributed by atoms with van der Waals surface area (Å²) in [6, 6.07) is 0. The van der Waals surface area contributed by atoms with Gasteiger partial charge >= 0.3 is 5.97 Å². The fourth-order valence-electron chi connectivity index (χ4n) is 1.79. The highest BCUT2D eigenvalue weighted by Gasteiger charge is 2.35. The number of carbonyl (C=O) groups excluding carboxylic acids is 2. The van der Waals surface area contributed by atoms with Gasteiger partial charge in [0.2, 0.25) is 11.8 Å². The molecule has 8 heteroatoms. The lowest BCUT2D eigenvalue weighted by atomic mass is 10.1. The molecule has 0 aliphatic carbocycles. The Balaban J connectivity index is 1.97. The highest BCUT2D eigenvalue weighted by molar-refractivity contribution is 6.03. The monoisotopic (exact) mass is 252 g/mol. The zero-order chi connectivity index (χ0) is 13.3. The molecule has 1 aliphatic heterocycles. The number of amides is 2. The molecule has 1 N–H and O–H groups in total. The van der Waals surface area contributed by atoms with Crippen molar-refractivity contribution in [3.8, 4) is 0 Å². The lowest BCUT2D eigenvalue weighted by Crippen LogP contribution is -2.33. The minimum atomic E-state index is -1.16. The molecule has 0 bridgehead atoms. The van der Waals surface area contributed by atoms with Crippen molar-refractivity contribution >= 4 is 17.8 Å². The van der Waals surface area contributed by atoms with Crippen LogP contribution in [0.2, 0.25) is 0 Å². The van der Waals surface area contributed by atoms with E-state index in [0.717, 1.165) is 0 Å². The van der Waals surface area contributed by atoms with Crippen molar-refractivity contribution in [3.05, 3.63) is 11.9 Å². The molecular weight excluding hydrogens is 240 g/mol. The molecule has 0 radical (unpaired) electrons. The Morgan fingerprint density at radius 2 is 2.22 bits per heavy atom. The van der Waals surface area contributed by atoms with E-state index in [1.54, 1.807) is 6.92 Å². The van der Waals surface area contributed by atoms with Gasteiger partial charge in [0.05, 0.1) is 12.7 Å². The van der Waals surface area contributed by atoms with Crippen LogP contribution in [0.25, 0.3) is 0 Å². The van der Waals surface area contributed by atoms with Crippen molar-refractivity contribution in [1.82, 2.24) is 19.9 Å². The van der Waals surface area contributed by atoms with Crippen molar-refractivity contribution in [2.45, 2.75) is 19.9 Å². The van der Waals surface area contributed by atoms with E-state index in [2.05, 4.69) is 10.3 Å². The topological polar surface area (TPSA) is 105 Å². The maximum absolute atomic E-state index is 11.6. The number of aromatic carboxylic acids is 1. The maximum Gasteiger partial charge on any atom is 0.358 e. The number of aromatic nitrogens is 3. The van der Waals surface area contributed by atoms with Crippen LogP contribution in [0.1, 0.15) is 23.8 Å². The van der Waals surface area contributed by atoms with E-state index >= 15 is 0 Å². The van der Waals surface area contributed by atoms with Crippen LogP contribution in [0.4, 0.5) is 0 Å². The zero-order valence-electron chi connectivity index (χ0n) is 9.74. The minimum Gasteiger partial charge on any atom is -0.476 e. The van der Waals surface area contributed by atoms with Gasteiger partial charge in [-0.05, 0) is 0 Å². The molecule has 1 aliphatic rings. The third-order valence-electron chi connectivity index (χ3n) is 2.78. The second-order valence-corrected chi connectivity index (χ2v) is 4.16. The summed E-state index contributed by atoms with van der Waals surface area (Å²) in [5.74, 6) is -1.84. The van der Waals surface area contributed by atoms with Crippen molar-refractivity contribution in [2.24, 2.45) is 5.92 Å². The number of likely N-dealkylation sites (tertiary alicyclic amines) is 1. The van der Waals surface area contributed by atoms with Crippen LogP contribution < -0.4 is 0 Å². The summed E-state index contributed by atoms with van der Waals surface area (Å²) in [7, 11) is 0. The van der Waals surface area contributed by atoms with Gasteiger partial charge in [-0.3, -0.25) is 14.5 Å². The number of carbonyl (C=O) groups is 3. The molecule has 8 nitrogen and oxygen atoms in total. The molecule has 1 aromatic rings. The van der Waals surface area contributed by atoms with Crippen molar-refractivity contribution in [3.63, 3.8) is 0 Å². The maximum atomic E-state index is 11.6. The molecule has 0 aromatic carbocycles. The van der Waals surface area contributed by atoms with Crippen molar-refractivity contribution in [2.75, 3.05) is 6.54 Å². The van der Waals surface area contributed by atoms with Crippen LogP contribution in [0.3, 0.4) is 0 Å². The second-order valence-electron chi connectivity index (χ2n) is 4.16. The molecule has 1 aromatic heterocycles. The summed E-state index contributed by atoms with van der Waals surface area (Å²) in [5, 5.41) is 15.7. The summed E-state index contributed by atoms with van der Waals surface area (Å²) in [6.07, 6.45) is 1.49. The van der Waals surface area contributed by atoms with E-state index in [1.165, 1.54) is 15.8 Å². The second kappa shape index (κ2) is 4.55. The molecule has 1 unspecified atom stereocenters. The van der Waals surface area contributed by atoms with Crippen molar-refractivity contribution in [1.29, 1.82) is 0 Å². The summed E-state index contributed by atoms with van der Waals surface area (Å²) in [6.45, 7) is 2.13. The molecular formula is C10H12N4O4. The fraction of sp³-hybridized carbons (Fsp3) is 0.500. The van der Waals surface area contributed by atoms with Gasteiger partial charge in [-0.15, -0.1) is 5.10 Å². The number of hydrogen-bond acceptors (Lipinski definition) is 5. The molecule has 0 saturated carbocycles. The Kier molecular flexibility index (Phi) is 3.09. The highest BCUT2D eigenvalue weighted by atomic mass is 16.4. The van der Waals surface area contributed by atoms with E-state index in [0.29, 0.717) is 0 Å². The number of carboxylic acid groups (broad SMARTS) is 1. The van der Waals surface area contributed by atoms with Gasteiger partial charge in [0, 0.05) is 18.9 Å². The Bertz CT molecular complexity index is 510. The van der Waals surface area contributed by atoms with E-state index < -0.39 is 5.97 Å². The largest absolute Gasteiger partial charge is 0.476 e. The third kappa shape index (κ3) is 2.22. The highest BCUT2D eigenvalue weighted by Crippen LogP contribution is 2.18. The first-order chi connectivity index (χ1) is 8.49. The van der Waals surface area contributed by atoms with Crippen LogP contribution in [0, 0.1) is 5.92 Å². The lowest BCUT2D eigenvalue weighted by molar-refractivity contribution is -0.139. The number of rotatable bonds is 4. The molecule has 2 rings (SSSR count). The quantitative estimate of drug-likeness (QED) is 0.715. The van der Waals surface area contributed by atoms with Gasteiger partial charge < -0.3 is 5.11 Å². The Hall–Kier alpha value is -2.25. The van der Waals surface area contributed by atoms with Gasteiger partial charge in [0.15, 0.2) is 5.69 Å². The number of imide groups is 1. The van der Waals surface area contributed by atoms with Crippen LogP contribution in [-0.4, -0.2) is 49.3 Å². The van der Waals surface area contributed by atoms with Crippen LogP contribution in [0.5, 0.6) is 0 Å². The van der Waals surface area contributed by atoms with Gasteiger partial charge in [-0.2, -0.15) is 0 Å². The molecule has 96 valence electrons. The Labute approximate surface area is 102 Å². The molecule has 1 fully saturated rings. The molecule has 1 atom stereocenters. The summed E-state index contributed by atoms with van der Waals surface area (Å²) < 4.78 is 1.30. The fourth-order valence-corrected chi connectivity index (χ4v) is 1.79. The average Bonchev–Trinajstić information content (AvgIpc) is 2.85. The number of hydrogen-bond donors (Lipinski definition) is 1. The molecule has 1 saturated heterocycles. The SMILES string of the molecule is CC1CC(=O)N(CCn2cc(C(=O)O)nn2)C1=O. The first-order valence-corrected chi connectivity index (χ1v) is 5.46. The van der Waals surface area contributed by atoms with Gasteiger partial charge in [0.25, 0.3) is 0 Å². The smallest absolute Gasteiger partial charge is 0.358 e. The van der Waals surface area contributed by atoms with E-state index in [1.807, 2.05) is 0 Å². The van der Waals surface area contributed by atoms with Gasteiger partial charge in [0.1, 0.15) is 0 Å². The summed E-state index contributed by atoms with van der Waals surface area (Å²) in [5.41, 5.74) is -0.164. The average molecular weight is 252 g/mol. The van der Waals surface area contributed by atoms with E-state index in [-0.39, 0.29) is 42.9 Å². The Morgan fingerprint density at radius 3 is 2.72 bits per heavy atom. The van der Waals surface area contributed by atoms with E-state index in [4.69, 9.17) is 5.11 Å². The van der Waals surface area contributed by atoms with Gasteiger partial charge in [-0.25, -0.2) is 9.48 Å².